The quantitative estimate of drug-likeness (QED) is 0.770. The van der Waals surface area contributed by atoms with Gasteiger partial charge in [0.2, 0.25) is 5.91 Å². The molecular weight excluding hydrogens is 269 g/mol. The third kappa shape index (κ3) is 4.51. The minimum Gasteiger partial charge on any atom is -0.326 e. The zero-order valence-corrected chi connectivity index (χ0v) is 12.3. The largest absolute Gasteiger partial charge is 0.326 e. The zero-order valence-electron chi connectivity index (χ0n) is 10.8. The van der Waals surface area contributed by atoms with Crippen LogP contribution in [-0.2, 0) is 4.79 Å². The fourth-order valence-corrected chi connectivity index (χ4v) is 2.09. The second kappa shape index (κ2) is 7.65. The normalized spacial score (nSPS) is 12.2. The second-order valence-corrected chi connectivity index (χ2v) is 5.18. The van der Waals surface area contributed by atoms with E-state index in [1.807, 2.05) is 6.92 Å². The maximum absolute atomic E-state index is 12.1. The summed E-state index contributed by atoms with van der Waals surface area (Å²) in [5.74, 6) is 0.128. The summed E-state index contributed by atoms with van der Waals surface area (Å²) in [5.41, 5.74) is 0.698. The molecule has 0 saturated heterocycles. The van der Waals surface area contributed by atoms with Crippen molar-refractivity contribution >= 4 is 34.8 Å². The molecule has 100 valence electrons. The number of anilines is 1. The van der Waals surface area contributed by atoms with Gasteiger partial charge in [0.25, 0.3) is 0 Å². The maximum atomic E-state index is 12.1. The van der Waals surface area contributed by atoms with Gasteiger partial charge >= 0.3 is 0 Å². The first kappa shape index (κ1) is 15.3. The molecule has 1 N–H and O–H groups in total. The highest BCUT2D eigenvalue weighted by Gasteiger charge is 2.16. The summed E-state index contributed by atoms with van der Waals surface area (Å²) in [7, 11) is 0. The molecule has 1 aromatic rings. The van der Waals surface area contributed by atoms with Crippen molar-refractivity contribution < 1.29 is 4.79 Å². The van der Waals surface area contributed by atoms with Gasteiger partial charge in [-0.05, 0) is 31.0 Å². The summed E-state index contributed by atoms with van der Waals surface area (Å²) in [4.78, 5) is 12.1. The van der Waals surface area contributed by atoms with Gasteiger partial charge in [0.05, 0.1) is 10.0 Å². The lowest BCUT2D eigenvalue weighted by molar-refractivity contribution is -0.120. The molecule has 1 unspecified atom stereocenters. The molecule has 18 heavy (non-hydrogen) atoms. The van der Waals surface area contributed by atoms with Crippen LogP contribution in [0.25, 0.3) is 0 Å². The number of halogens is 2. The smallest absolute Gasteiger partial charge is 0.227 e. The molecule has 2 nitrogen and oxygen atoms in total. The van der Waals surface area contributed by atoms with E-state index in [0.717, 1.165) is 25.7 Å². The molecule has 0 saturated carbocycles. The molecule has 0 fully saturated rings. The van der Waals surface area contributed by atoms with Gasteiger partial charge in [0.1, 0.15) is 0 Å². The predicted octanol–water partition coefficient (Wildman–Crippen LogP) is 5.15. The van der Waals surface area contributed by atoms with Crippen molar-refractivity contribution in [1.29, 1.82) is 0 Å². The minimum absolute atomic E-state index is 0.0596. The first-order chi connectivity index (χ1) is 8.58. The van der Waals surface area contributed by atoms with E-state index in [2.05, 4.69) is 12.2 Å². The molecule has 1 amide bonds. The summed E-state index contributed by atoms with van der Waals surface area (Å²) in [6.45, 7) is 4.17. The van der Waals surface area contributed by atoms with Gasteiger partial charge in [-0.3, -0.25) is 4.79 Å². The number of benzene rings is 1. The van der Waals surface area contributed by atoms with Gasteiger partial charge in [0.15, 0.2) is 0 Å². The van der Waals surface area contributed by atoms with E-state index in [9.17, 15) is 4.79 Å². The number of hydrogen-bond acceptors (Lipinski definition) is 1. The van der Waals surface area contributed by atoms with Gasteiger partial charge in [-0.15, -0.1) is 0 Å². The van der Waals surface area contributed by atoms with E-state index in [4.69, 9.17) is 23.2 Å². The highest BCUT2D eigenvalue weighted by atomic mass is 35.5. The van der Waals surface area contributed by atoms with Crippen LogP contribution in [0.4, 0.5) is 5.69 Å². The molecular formula is C14H19Cl2NO. The Morgan fingerprint density at radius 2 is 2.00 bits per heavy atom. The number of amides is 1. The van der Waals surface area contributed by atoms with Crippen LogP contribution in [0.1, 0.15) is 39.5 Å². The van der Waals surface area contributed by atoms with Crippen LogP contribution in [-0.4, -0.2) is 5.91 Å². The van der Waals surface area contributed by atoms with Crippen molar-refractivity contribution in [3.05, 3.63) is 28.2 Å². The van der Waals surface area contributed by atoms with Gasteiger partial charge < -0.3 is 5.32 Å². The molecule has 0 bridgehead atoms. The molecule has 1 aromatic carbocycles. The van der Waals surface area contributed by atoms with Crippen LogP contribution < -0.4 is 5.32 Å². The third-order valence-electron chi connectivity index (χ3n) is 2.96. The molecule has 0 aliphatic heterocycles. The fraction of sp³-hybridized carbons (Fsp3) is 0.500. The summed E-state index contributed by atoms with van der Waals surface area (Å²) in [5, 5.41) is 3.84. The Kier molecular flexibility index (Phi) is 6.51. The predicted molar refractivity (Wildman–Crippen MR) is 78.4 cm³/mol. The van der Waals surface area contributed by atoms with E-state index in [1.54, 1.807) is 18.2 Å². The SMILES string of the molecule is CCCCC(CC)C(=O)Nc1ccc(Cl)c(Cl)c1. The topological polar surface area (TPSA) is 29.1 Å². The summed E-state index contributed by atoms with van der Waals surface area (Å²) in [6, 6.07) is 5.12. The molecule has 0 spiro atoms. The van der Waals surface area contributed by atoms with Crippen molar-refractivity contribution in [3.63, 3.8) is 0 Å². The lowest BCUT2D eigenvalue weighted by Gasteiger charge is -2.14. The lowest BCUT2D eigenvalue weighted by Crippen LogP contribution is -2.22. The van der Waals surface area contributed by atoms with Gasteiger partial charge in [-0.2, -0.15) is 0 Å². The summed E-state index contributed by atoms with van der Waals surface area (Å²) >= 11 is 11.7. The Bertz CT molecular complexity index is 407. The highest BCUT2D eigenvalue weighted by molar-refractivity contribution is 6.42. The number of hydrogen-bond donors (Lipinski definition) is 1. The number of carbonyl (C=O) groups excluding carboxylic acids is 1. The van der Waals surface area contributed by atoms with Crippen LogP contribution in [0.2, 0.25) is 10.0 Å². The Labute approximate surface area is 119 Å². The van der Waals surface area contributed by atoms with Crippen LogP contribution in [0.3, 0.4) is 0 Å². The van der Waals surface area contributed by atoms with Crippen molar-refractivity contribution in [2.45, 2.75) is 39.5 Å². The van der Waals surface area contributed by atoms with Crippen molar-refractivity contribution in [3.8, 4) is 0 Å². The van der Waals surface area contributed by atoms with Crippen molar-refractivity contribution in [1.82, 2.24) is 0 Å². The Morgan fingerprint density at radius 1 is 1.28 bits per heavy atom. The molecule has 0 aliphatic rings. The Hall–Kier alpha value is -0.730. The van der Waals surface area contributed by atoms with Crippen LogP contribution >= 0.6 is 23.2 Å². The van der Waals surface area contributed by atoms with Crippen LogP contribution in [0.5, 0.6) is 0 Å². The van der Waals surface area contributed by atoms with E-state index in [1.165, 1.54) is 0 Å². The molecule has 1 atom stereocenters. The first-order valence-corrected chi connectivity index (χ1v) is 7.10. The maximum Gasteiger partial charge on any atom is 0.227 e. The molecule has 0 heterocycles. The average Bonchev–Trinajstić information content (AvgIpc) is 2.35. The molecule has 1 rings (SSSR count). The average molecular weight is 288 g/mol. The first-order valence-electron chi connectivity index (χ1n) is 6.34. The third-order valence-corrected chi connectivity index (χ3v) is 3.70. The van der Waals surface area contributed by atoms with Crippen molar-refractivity contribution in [2.75, 3.05) is 5.32 Å². The van der Waals surface area contributed by atoms with E-state index in [-0.39, 0.29) is 11.8 Å². The zero-order chi connectivity index (χ0) is 13.5. The molecule has 0 radical (unpaired) electrons. The molecule has 0 aromatic heterocycles. The van der Waals surface area contributed by atoms with Crippen LogP contribution in [0, 0.1) is 5.92 Å². The molecule has 0 aliphatic carbocycles. The monoisotopic (exact) mass is 287 g/mol. The van der Waals surface area contributed by atoms with Gasteiger partial charge in [0, 0.05) is 11.6 Å². The number of carbonyl (C=O) groups is 1. The van der Waals surface area contributed by atoms with Crippen molar-refractivity contribution in [2.24, 2.45) is 5.92 Å². The second-order valence-electron chi connectivity index (χ2n) is 4.37. The number of nitrogens with one attached hydrogen (secondary N) is 1. The number of rotatable bonds is 6. The molecule has 4 heteroatoms. The summed E-state index contributed by atoms with van der Waals surface area (Å²) < 4.78 is 0. The van der Waals surface area contributed by atoms with Gasteiger partial charge in [-0.1, -0.05) is 49.9 Å². The minimum atomic E-state index is 0.0596. The van der Waals surface area contributed by atoms with Crippen LogP contribution in [0.15, 0.2) is 18.2 Å². The van der Waals surface area contributed by atoms with E-state index < -0.39 is 0 Å². The standard InChI is InChI=1S/C14H19Cl2NO/c1-3-5-6-10(4-2)14(18)17-11-7-8-12(15)13(16)9-11/h7-10H,3-6H2,1-2H3,(H,17,18). The summed E-state index contributed by atoms with van der Waals surface area (Å²) in [6.07, 6.45) is 3.97. The van der Waals surface area contributed by atoms with E-state index in [0.29, 0.717) is 15.7 Å². The Balaban J connectivity index is 2.64. The van der Waals surface area contributed by atoms with Gasteiger partial charge in [-0.25, -0.2) is 0 Å². The fourth-order valence-electron chi connectivity index (χ4n) is 1.79. The lowest BCUT2D eigenvalue weighted by atomic mass is 9.98. The highest BCUT2D eigenvalue weighted by Crippen LogP contribution is 2.25. The Morgan fingerprint density at radius 3 is 2.56 bits per heavy atom. The van der Waals surface area contributed by atoms with E-state index >= 15 is 0 Å². The number of unbranched alkanes of at least 4 members (excludes halogenated alkanes) is 1.